The van der Waals surface area contributed by atoms with Gasteiger partial charge in [-0.2, -0.15) is 0 Å². The largest absolute Gasteiger partial charge is 0.462 e. The molecule has 110 valence electrons. The van der Waals surface area contributed by atoms with Crippen LogP contribution in [0.15, 0.2) is 24.3 Å². The minimum Gasteiger partial charge on any atom is -0.462 e. The molecule has 0 bridgehead atoms. The van der Waals surface area contributed by atoms with E-state index < -0.39 is 5.97 Å². The number of hydrogen-bond donors (Lipinski definition) is 2. The topological polar surface area (TPSA) is 67.4 Å². The predicted octanol–water partition coefficient (Wildman–Crippen LogP) is 3.03. The number of carbonyl (C=O) groups excluding carboxylic acids is 2. The molecule has 5 heteroatoms. The van der Waals surface area contributed by atoms with Gasteiger partial charge >= 0.3 is 12.0 Å². The molecule has 1 aromatic rings. The second-order valence-electron chi connectivity index (χ2n) is 4.86. The molecule has 0 saturated carbocycles. The second-order valence-corrected chi connectivity index (χ2v) is 4.86. The van der Waals surface area contributed by atoms with E-state index in [0.29, 0.717) is 30.3 Å². The van der Waals surface area contributed by atoms with Crippen LogP contribution < -0.4 is 10.6 Å². The Hall–Kier alpha value is -2.04. The Kier molecular flexibility index (Phi) is 6.56. The Morgan fingerprint density at radius 1 is 1.30 bits per heavy atom. The Morgan fingerprint density at radius 2 is 2.05 bits per heavy atom. The van der Waals surface area contributed by atoms with Gasteiger partial charge in [-0.1, -0.05) is 19.9 Å². The van der Waals surface area contributed by atoms with Crippen molar-refractivity contribution in [2.45, 2.75) is 27.2 Å². The monoisotopic (exact) mass is 278 g/mol. The van der Waals surface area contributed by atoms with E-state index in [4.69, 9.17) is 4.74 Å². The number of urea groups is 1. The predicted molar refractivity (Wildman–Crippen MR) is 78.9 cm³/mol. The maximum atomic E-state index is 11.7. The first-order valence-electron chi connectivity index (χ1n) is 6.85. The first-order valence-corrected chi connectivity index (χ1v) is 6.85. The third-order valence-electron chi connectivity index (χ3n) is 2.64. The standard InChI is InChI=1S/C15H22N2O3/c1-4-20-14(18)12-6-5-7-13(10-12)17-15(19)16-9-8-11(2)3/h5-7,10-11H,4,8-9H2,1-3H3,(H2,16,17,19). The Morgan fingerprint density at radius 3 is 2.70 bits per heavy atom. The van der Waals surface area contributed by atoms with Gasteiger partial charge in [-0.3, -0.25) is 0 Å². The number of anilines is 1. The molecule has 0 heterocycles. The molecule has 0 unspecified atom stereocenters. The quantitative estimate of drug-likeness (QED) is 0.786. The van der Waals surface area contributed by atoms with Crippen LogP contribution >= 0.6 is 0 Å². The molecule has 0 aromatic heterocycles. The van der Waals surface area contributed by atoms with Gasteiger partial charge in [-0.05, 0) is 37.5 Å². The van der Waals surface area contributed by atoms with Crippen molar-refractivity contribution < 1.29 is 14.3 Å². The van der Waals surface area contributed by atoms with Crippen LogP contribution in [0.25, 0.3) is 0 Å². The third kappa shape index (κ3) is 5.73. The lowest BCUT2D eigenvalue weighted by Gasteiger charge is -2.09. The summed E-state index contributed by atoms with van der Waals surface area (Å²) in [6, 6.07) is 6.41. The van der Waals surface area contributed by atoms with Gasteiger partial charge in [-0.15, -0.1) is 0 Å². The van der Waals surface area contributed by atoms with Gasteiger partial charge < -0.3 is 15.4 Å². The van der Waals surface area contributed by atoms with Crippen LogP contribution in [0.3, 0.4) is 0 Å². The average Bonchev–Trinajstić information content (AvgIpc) is 2.38. The highest BCUT2D eigenvalue weighted by molar-refractivity contribution is 5.93. The van der Waals surface area contributed by atoms with Crippen LogP contribution in [-0.4, -0.2) is 25.2 Å². The molecule has 0 spiro atoms. The number of carbonyl (C=O) groups is 2. The summed E-state index contributed by atoms with van der Waals surface area (Å²) in [4.78, 5) is 23.2. The highest BCUT2D eigenvalue weighted by Gasteiger charge is 2.08. The lowest BCUT2D eigenvalue weighted by Crippen LogP contribution is -2.30. The first kappa shape index (κ1) is 16.0. The van der Waals surface area contributed by atoms with Crippen molar-refractivity contribution in [2.75, 3.05) is 18.5 Å². The number of nitrogens with one attached hydrogen (secondary N) is 2. The fraction of sp³-hybridized carbons (Fsp3) is 0.467. The number of amides is 2. The SMILES string of the molecule is CCOC(=O)c1cccc(NC(=O)NCCC(C)C)c1. The van der Waals surface area contributed by atoms with Crippen molar-refractivity contribution in [2.24, 2.45) is 5.92 Å². The highest BCUT2D eigenvalue weighted by Crippen LogP contribution is 2.11. The summed E-state index contributed by atoms with van der Waals surface area (Å²) < 4.78 is 4.91. The minimum absolute atomic E-state index is 0.272. The van der Waals surface area contributed by atoms with E-state index in [2.05, 4.69) is 24.5 Å². The zero-order valence-corrected chi connectivity index (χ0v) is 12.2. The van der Waals surface area contributed by atoms with Gasteiger partial charge in [0.25, 0.3) is 0 Å². The van der Waals surface area contributed by atoms with E-state index in [9.17, 15) is 9.59 Å². The van der Waals surface area contributed by atoms with Crippen LogP contribution in [0.1, 0.15) is 37.6 Å². The fourth-order valence-electron chi connectivity index (χ4n) is 1.59. The molecule has 0 saturated heterocycles. The van der Waals surface area contributed by atoms with Crippen LogP contribution in [0.4, 0.5) is 10.5 Å². The summed E-state index contributed by atoms with van der Waals surface area (Å²) in [7, 11) is 0. The number of benzene rings is 1. The van der Waals surface area contributed by atoms with Gasteiger partial charge in [0.2, 0.25) is 0 Å². The number of ether oxygens (including phenoxy) is 1. The Balaban J connectivity index is 2.53. The molecule has 0 aliphatic heterocycles. The maximum Gasteiger partial charge on any atom is 0.338 e. The van der Waals surface area contributed by atoms with E-state index >= 15 is 0 Å². The molecule has 0 aliphatic rings. The van der Waals surface area contributed by atoms with Crippen molar-refractivity contribution in [1.82, 2.24) is 5.32 Å². The summed E-state index contributed by atoms with van der Waals surface area (Å²) in [5, 5.41) is 5.47. The molecule has 20 heavy (non-hydrogen) atoms. The normalized spacial score (nSPS) is 10.2. The lowest BCUT2D eigenvalue weighted by molar-refractivity contribution is 0.0526. The summed E-state index contributed by atoms with van der Waals surface area (Å²) in [6.07, 6.45) is 0.927. The van der Waals surface area contributed by atoms with Crippen molar-refractivity contribution in [1.29, 1.82) is 0 Å². The minimum atomic E-state index is -0.392. The molecule has 1 aromatic carbocycles. The van der Waals surface area contributed by atoms with Crippen molar-refractivity contribution in [3.63, 3.8) is 0 Å². The fourth-order valence-corrected chi connectivity index (χ4v) is 1.59. The average molecular weight is 278 g/mol. The molecule has 0 atom stereocenters. The van der Waals surface area contributed by atoms with E-state index in [1.807, 2.05) is 0 Å². The van der Waals surface area contributed by atoms with Crippen LogP contribution in [0.5, 0.6) is 0 Å². The molecule has 1 rings (SSSR count). The lowest BCUT2D eigenvalue weighted by atomic mass is 10.1. The van der Waals surface area contributed by atoms with Crippen LogP contribution in [-0.2, 0) is 4.74 Å². The molecule has 5 nitrogen and oxygen atoms in total. The second kappa shape index (κ2) is 8.19. The molecule has 0 fully saturated rings. The van der Waals surface area contributed by atoms with E-state index in [1.165, 1.54) is 0 Å². The van der Waals surface area contributed by atoms with E-state index in [1.54, 1.807) is 31.2 Å². The first-order chi connectivity index (χ1) is 9.52. The summed E-state index contributed by atoms with van der Waals surface area (Å²) >= 11 is 0. The molecular weight excluding hydrogens is 256 g/mol. The molecule has 0 radical (unpaired) electrons. The summed E-state index contributed by atoms with van der Waals surface area (Å²) in [5.74, 6) is 0.152. The highest BCUT2D eigenvalue weighted by atomic mass is 16.5. The number of rotatable bonds is 6. The zero-order chi connectivity index (χ0) is 15.0. The molecular formula is C15H22N2O3. The van der Waals surface area contributed by atoms with Crippen LogP contribution in [0.2, 0.25) is 0 Å². The van der Waals surface area contributed by atoms with Crippen molar-refractivity contribution in [3.05, 3.63) is 29.8 Å². The third-order valence-corrected chi connectivity index (χ3v) is 2.64. The molecule has 2 amide bonds. The zero-order valence-electron chi connectivity index (χ0n) is 12.2. The van der Waals surface area contributed by atoms with Gasteiger partial charge in [-0.25, -0.2) is 9.59 Å². The molecule has 2 N–H and O–H groups in total. The smallest absolute Gasteiger partial charge is 0.338 e. The number of hydrogen-bond acceptors (Lipinski definition) is 3. The van der Waals surface area contributed by atoms with Gasteiger partial charge in [0, 0.05) is 12.2 Å². The van der Waals surface area contributed by atoms with Gasteiger partial charge in [0.15, 0.2) is 0 Å². The Bertz CT molecular complexity index is 458. The number of esters is 1. The van der Waals surface area contributed by atoms with Gasteiger partial charge in [0.1, 0.15) is 0 Å². The van der Waals surface area contributed by atoms with Crippen molar-refractivity contribution >= 4 is 17.7 Å². The Labute approximate surface area is 119 Å². The van der Waals surface area contributed by atoms with E-state index in [-0.39, 0.29) is 6.03 Å². The summed E-state index contributed by atoms with van der Waals surface area (Å²) in [5.41, 5.74) is 0.990. The van der Waals surface area contributed by atoms with Gasteiger partial charge in [0.05, 0.1) is 12.2 Å². The maximum absolute atomic E-state index is 11.7. The summed E-state index contributed by atoms with van der Waals surface area (Å²) in [6.45, 7) is 6.90. The van der Waals surface area contributed by atoms with Crippen molar-refractivity contribution in [3.8, 4) is 0 Å². The molecule has 0 aliphatic carbocycles. The van der Waals surface area contributed by atoms with Crippen LogP contribution in [0, 0.1) is 5.92 Å². The van der Waals surface area contributed by atoms with E-state index in [0.717, 1.165) is 6.42 Å².